The van der Waals surface area contributed by atoms with Crippen molar-refractivity contribution in [1.29, 1.82) is 0 Å². The largest absolute Gasteiger partial charge is 0.480 e. The zero-order chi connectivity index (χ0) is 50.8. The number of unbranched alkanes of at least 4 members (excludes halogenated alkanes) is 1. The van der Waals surface area contributed by atoms with E-state index in [-0.39, 0.29) is 36.8 Å². The summed E-state index contributed by atoms with van der Waals surface area (Å²) >= 11 is 8.14. The number of rotatable bonds is 32. The number of carbonyl (C=O) groups excluding carboxylic acids is 9. The van der Waals surface area contributed by atoms with Crippen molar-refractivity contribution >= 4 is 84.4 Å². The van der Waals surface area contributed by atoms with Crippen LogP contribution in [-0.4, -0.2) is 178 Å². The fourth-order valence-corrected chi connectivity index (χ4v) is 6.40. The summed E-state index contributed by atoms with van der Waals surface area (Å²) in [5.74, 6) is -10.8. The first kappa shape index (κ1) is 61.2. The molecule has 0 aromatic rings. The van der Waals surface area contributed by atoms with Crippen LogP contribution >= 0.6 is 25.3 Å². The van der Waals surface area contributed by atoms with Crippen molar-refractivity contribution in [3.05, 3.63) is 0 Å². The van der Waals surface area contributed by atoms with Crippen molar-refractivity contribution in [1.82, 2.24) is 47.9 Å². The van der Waals surface area contributed by atoms with Gasteiger partial charge in [0.1, 0.15) is 42.3 Å². The number of carboxylic acids is 1. The van der Waals surface area contributed by atoms with Crippen LogP contribution in [0.4, 0.5) is 0 Å². The van der Waals surface area contributed by atoms with Crippen LogP contribution in [0.1, 0.15) is 73.6 Å². The number of carbonyl (C=O) groups is 10. The number of amides is 9. The van der Waals surface area contributed by atoms with Gasteiger partial charge in [0.25, 0.3) is 0 Å². The number of hydrogen-bond acceptors (Lipinski definition) is 17. The van der Waals surface area contributed by atoms with Crippen LogP contribution in [-0.2, 0) is 47.9 Å². The van der Waals surface area contributed by atoms with Gasteiger partial charge in [-0.25, -0.2) is 4.79 Å². The van der Waals surface area contributed by atoms with Crippen molar-refractivity contribution in [2.75, 3.05) is 37.7 Å². The Hall–Kier alpha value is -4.80. The third-order valence-corrected chi connectivity index (χ3v) is 10.6. The molecule has 17 N–H and O–H groups in total. The second kappa shape index (κ2) is 32.0. The Kier molecular flexibility index (Phi) is 29.7. The average molecular weight is 982 g/mol. The van der Waals surface area contributed by atoms with Gasteiger partial charge in [0.05, 0.1) is 31.9 Å². The molecule has 9 amide bonds. The van der Waals surface area contributed by atoms with Crippen LogP contribution in [0.5, 0.6) is 0 Å². The molecule has 25 nitrogen and oxygen atoms in total. The lowest BCUT2D eigenvalue weighted by molar-refractivity contribution is -0.146. The summed E-state index contributed by atoms with van der Waals surface area (Å²) in [6.45, 7) is 7.43. The molecule has 378 valence electrons. The van der Waals surface area contributed by atoms with Crippen LogP contribution in [0.15, 0.2) is 0 Å². The average Bonchev–Trinajstić information content (AvgIpc) is 3.26. The number of hydrogen-bond donors (Lipinski definition) is 17. The van der Waals surface area contributed by atoms with Crippen molar-refractivity contribution < 1.29 is 68.4 Å². The van der Waals surface area contributed by atoms with E-state index >= 15 is 0 Å². The molecule has 27 heteroatoms. The Balaban J connectivity index is 6.14. The maximum atomic E-state index is 13.9. The zero-order valence-corrected chi connectivity index (χ0v) is 39.9. The highest BCUT2D eigenvalue weighted by Crippen LogP contribution is 2.13. The molecular formula is C39H71N11O14S2. The Morgan fingerprint density at radius 3 is 1.48 bits per heavy atom. The molecule has 0 aliphatic rings. The second-order valence-electron chi connectivity index (χ2n) is 16.0. The molecule has 0 saturated heterocycles. The van der Waals surface area contributed by atoms with Gasteiger partial charge in [0, 0.05) is 11.5 Å². The van der Waals surface area contributed by atoms with Gasteiger partial charge in [0.15, 0.2) is 6.04 Å². The zero-order valence-electron chi connectivity index (χ0n) is 38.1. The van der Waals surface area contributed by atoms with E-state index < -0.39 is 145 Å². The maximum absolute atomic E-state index is 13.9. The van der Waals surface area contributed by atoms with E-state index in [1.54, 1.807) is 27.7 Å². The fraction of sp³-hybridized carbons (Fsp3) is 0.744. The van der Waals surface area contributed by atoms with Gasteiger partial charge in [0.2, 0.25) is 53.2 Å². The number of carboxylic acid groups (broad SMARTS) is 1. The van der Waals surface area contributed by atoms with Gasteiger partial charge in [-0.3, -0.25) is 43.2 Å². The van der Waals surface area contributed by atoms with Gasteiger partial charge in [-0.15, -0.1) is 0 Å². The smallest absolute Gasteiger partial charge is 0.328 e. The molecule has 0 spiro atoms. The number of nitrogens with two attached hydrogens (primary N) is 2. The van der Waals surface area contributed by atoms with Crippen LogP contribution in [0.2, 0.25) is 0 Å². The third-order valence-electron chi connectivity index (χ3n) is 9.91. The summed E-state index contributed by atoms with van der Waals surface area (Å²) in [5.41, 5.74) is 10.9. The van der Waals surface area contributed by atoms with E-state index in [1.165, 1.54) is 0 Å². The topological polar surface area (TPSA) is 412 Å². The number of aliphatic carboxylic acids is 1. The molecule has 0 bridgehead atoms. The molecule has 0 aliphatic carbocycles. The molecular weight excluding hydrogens is 911 g/mol. The molecule has 0 rings (SSSR count). The third kappa shape index (κ3) is 22.1. The Labute approximate surface area is 394 Å². The van der Waals surface area contributed by atoms with E-state index in [2.05, 4.69) is 67.8 Å². The number of thiol groups is 2. The van der Waals surface area contributed by atoms with E-state index in [9.17, 15) is 68.4 Å². The molecule has 0 heterocycles. The number of aliphatic hydroxyl groups is 3. The van der Waals surface area contributed by atoms with Crippen LogP contribution in [0.25, 0.3) is 0 Å². The summed E-state index contributed by atoms with van der Waals surface area (Å²) in [5, 5.41) is 60.5. The molecule has 0 saturated carbocycles. The van der Waals surface area contributed by atoms with Gasteiger partial charge in [-0.1, -0.05) is 34.1 Å². The van der Waals surface area contributed by atoms with Crippen molar-refractivity contribution in [3.63, 3.8) is 0 Å². The van der Waals surface area contributed by atoms with E-state index in [4.69, 9.17) is 11.5 Å². The minimum Gasteiger partial charge on any atom is -0.480 e. The highest BCUT2D eigenvalue weighted by Gasteiger charge is 2.36. The van der Waals surface area contributed by atoms with Gasteiger partial charge in [-0.2, -0.15) is 25.3 Å². The highest BCUT2D eigenvalue weighted by atomic mass is 32.1. The van der Waals surface area contributed by atoms with Crippen molar-refractivity contribution in [2.45, 2.75) is 134 Å². The summed E-state index contributed by atoms with van der Waals surface area (Å²) in [4.78, 5) is 129. The minimum absolute atomic E-state index is 0.0526. The molecule has 66 heavy (non-hydrogen) atoms. The molecule has 0 aromatic heterocycles. The number of nitrogens with one attached hydrogen (secondary N) is 9. The lowest BCUT2D eigenvalue weighted by atomic mass is 9.96. The summed E-state index contributed by atoms with van der Waals surface area (Å²) in [6, 6.07) is -11.5. The summed E-state index contributed by atoms with van der Waals surface area (Å²) in [7, 11) is 0. The summed E-state index contributed by atoms with van der Waals surface area (Å²) in [6.07, 6.45) is -1.82. The highest BCUT2D eigenvalue weighted by molar-refractivity contribution is 7.80. The lowest BCUT2D eigenvalue weighted by Crippen LogP contribution is -2.62. The fourth-order valence-electron chi connectivity index (χ4n) is 5.89. The molecule has 0 unspecified atom stereocenters. The SMILES string of the molecule is CC[C@H](C)[C@H](NC(=O)[C@H](CC(C)C)NC(=O)[C@H](CCCCN)NC(=O)CNC(=O)[C@H](CO)NC(=O)[C@H](CS)NC(=O)CN)C(=O)N[C@@H](CS)C(=O)N[C@H](C(=O)N[C@H](C(=O)O)[C@@H](C)O)[C@@H](C)O. The quantitative estimate of drug-likeness (QED) is 0.0220. The first-order chi connectivity index (χ1) is 30.9. The Morgan fingerprint density at radius 2 is 1.00 bits per heavy atom. The van der Waals surface area contributed by atoms with E-state index in [0.29, 0.717) is 19.3 Å². The normalized spacial score (nSPS) is 16.2. The van der Waals surface area contributed by atoms with Crippen LogP contribution in [0.3, 0.4) is 0 Å². The predicted octanol–water partition coefficient (Wildman–Crippen LogP) is -6.14. The second-order valence-corrected chi connectivity index (χ2v) is 16.7. The van der Waals surface area contributed by atoms with Gasteiger partial charge < -0.3 is 79.7 Å². The molecule has 11 atom stereocenters. The molecule has 0 fully saturated rings. The van der Waals surface area contributed by atoms with Crippen molar-refractivity contribution in [2.24, 2.45) is 23.3 Å². The van der Waals surface area contributed by atoms with Gasteiger partial charge in [-0.05, 0) is 57.9 Å². The van der Waals surface area contributed by atoms with E-state index in [1.807, 2.05) is 5.32 Å². The van der Waals surface area contributed by atoms with Crippen molar-refractivity contribution in [3.8, 4) is 0 Å². The standard InChI is InChI=1S/C39H71N11O14S2/c1-7-19(4)29(37(61)47-26(17-66)36(60)49-30(20(5)52)38(62)50-31(21(6)53)39(63)64)48-34(58)23(12-18(2)3)45-33(57)22(10-8-9-11-40)43-28(55)14-42-32(56)24(15-51)46-35(59)25(16-65)44-27(54)13-41/h18-26,29-31,51-53,65-66H,7-17,40-41H2,1-6H3,(H,42,56)(H,43,55)(H,44,54)(H,45,57)(H,46,59)(H,47,61)(H,48,58)(H,49,60)(H,50,62)(H,63,64)/t19-,20+,21+,22-,23-,24-,25-,26-,29-,30-,31-/m0/s1. The molecule has 0 radical (unpaired) electrons. The number of aliphatic hydroxyl groups excluding tert-OH is 3. The monoisotopic (exact) mass is 981 g/mol. The first-order valence-corrected chi connectivity index (χ1v) is 22.7. The Bertz CT molecular complexity index is 1640. The van der Waals surface area contributed by atoms with E-state index in [0.717, 1.165) is 13.8 Å². The predicted molar refractivity (Wildman–Crippen MR) is 245 cm³/mol. The maximum Gasteiger partial charge on any atom is 0.328 e. The first-order valence-electron chi connectivity index (χ1n) is 21.4. The molecule has 0 aliphatic heterocycles. The Morgan fingerprint density at radius 1 is 0.545 bits per heavy atom. The van der Waals surface area contributed by atoms with Crippen LogP contribution < -0.4 is 59.3 Å². The lowest BCUT2D eigenvalue weighted by Gasteiger charge is -2.30. The van der Waals surface area contributed by atoms with Gasteiger partial charge >= 0.3 is 5.97 Å². The minimum atomic E-state index is -1.77. The molecule has 0 aromatic carbocycles. The van der Waals surface area contributed by atoms with Crippen LogP contribution in [0, 0.1) is 11.8 Å². The summed E-state index contributed by atoms with van der Waals surface area (Å²) < 4.78 is 0.